The van der Waals surface area contributed by atoms with Crippen LogP contribution in [-0.2, 0) is 16.1 Å². The van der Waals surface area contributed by atoms with E-state index in [-0.39, 0.29) is 18.3 Å². The van der Waals surface area contributed by atoms with Gasteiger partial charge in [-0.2, -0.15) is 4.98 Å². The minimum absolute atomic E-state index is 0.0526. The fourth-order valence-corrected chi connectivity index (χ4v) is 4.95. The van der Waals surface area contributed by atoms with Crippen LogP contribution in [0.2, 0.25) is 0 Å². The summed E-state index contributed by atoms with van der Waals surface area (Å²) in [6.07, 6.45) is -0.470. The Labute approximate surface area is 206 Å². The van der Waals surface area contributed by atoms with Crippen LogP contribution < -0.4 is 14.8 Å². The van der Waals surface area contributed by atoms with Crippen molar-refractivity contribution in [1.82, 2.24) is 9.55 Å². The normalized spacial score (nSPS) is 18.1. The highest BCUT2D eigenvalue weighted by Gasteiger charge is 2.30. The van der Waals surface area contributed by atoms with Crippen molar-refractivity contribution in [2.45, 2.75) is 32.1 Å². The molecule has 2 aliphatic heterocycles. The lowest BCUT2D eigenvalue weighted by Gasteiger charge is -2.15. The molecule has 2 atom stereocenters. The van der Waals surface area contributed by atoms with Crippen LogP contribution in [0.25, 0.3) is 16.7 Å². The maximum atomic E-state index is 14.1. The molecule has 9 heteroatoms. The summed E-state index contributed by atoms with van der Waals surface area (Å²) < 4.78 is 33.5. The standard InChI is InChI=1S/C27H24FN3O5/c1-2-34-27-30-20-9-6-16(28)11-23(20)31(27)22-5-3-4-19-21(14-36-26(19)22)29-17-7-8-18-15(10-17)13-35-24(18)12-25(32)33/h3-11,21,24,29H,2,12-14H2,1H3,(H,32,33)/t21-,24+/m1/s1. The van der Waals surface area contributed by atoms with E-state index in [1.54, 1.807) is 10.6 Å². The van der Waals surface area contributed by atoms with Crippen molar-refractivity contribution in [2.24, 2.45) is 0 Å². The van der Waals surface area contributed by atoms with E-state index in [0.717, 1.165) is 28.1 Å². The highest BCUT2D eigenvalue weighted by Crippen LogP contribution is 2.42. The van der Waals surface area contributed by atoms with E-state index in [2.05, 4.69) is 10.3 Å². The molecule has 184 valence electrons. The molecule has 2 aliphatic rings. The zero-order valence-electron chi connectivity index (χ0n) is 19.5. The molecule has 1 aromatic heterocycles. The van der Waals surface area contributed by atoms with Crippen molar-refractivity contribution in [1.29, 1.82) is 0 Å². The summed E-state index contributed by atoms with van der Waals surface area (Å²) in [5.41, 5.74) is 5.71. The number of aromatic nitrogens is 2. The molecule has 0 saturated carbocycles. The summed E-state index contributed by atoms with van der Waals surface area (Å²) in [6.45, 7) is 3.09. The van der Waals surface area contributed by atoms with E-state index >= 15 is 0 Å². The van der Waals surface area contributed by atoms with Crippen LogP contribution in [0, 0.1) is 5.82 Å². The third-order valence-electron chi connectivity index (χ3n) is 6.53. The summed E-state index contributed by atoms with van der Waals surface area (Å²) in [7, 11) is 0. The van der Waals surface area contributed by atoms with Crippen molar-refractivity contribution < 1.29 is 28.5 Å². The number of hydrogen-bond acceptors (Lipinski definition) is 6. The summed E-state index contributed by atoms with van der Waals surface area (Å²) >= 11 is 0. The van der Waals surface area contributed by atoms with Gasteiger partial charge in [0.05, 0.1) is 48.5 Å². The molecule has 0 aliphatic carbocycles. The van der Waals surface area contributed by atoms with Crippen LogP contribution in [0.4, 0.5) is 10.1 Å². The number of fused-ring (bicyclic) bond motifs is 3. The predicted octanol–water partition coefficient (Wildman–Crippen LogP) is 5.15. The number of carbonyl (C=O) groups is 1. The molecular weight excluding hydrogens is 465 g/mol. The van der Waals surface area contributed by atoms with Gasteiger partial charge in [0, 0.05) is 17.3 Å². The summed E-state index contributed by atoms with van der Waals surface area (Å²) in [5, 5.41) is 12.6. The number of imidazole rings is 1. The molecule has 3 aromatic carbocycles. The number of anilines is 1. The van der Waals surface area contributed by atoms with Gasteiger partial charge in [-0.3, -0.25) is 9.36 Å². The highest BCUT2D eigenvalue weighted by molar-refractivity contribution is 5.80. The second-order valence-corrected chi connectivity index (χ2v) is 8.81. The Balaban J connectivity index is 1.33. The molecule has 0 spiro atoms. The Morgan fingerprint density at radius 1 is 1.22 bits per heavy atom. The van der Waals surface area contributed by atoms with Crippen LogP contribution in [0.5, 0.6) is 11.8 Å². The minimum atomic E-state index is -0.883. The first-order valence-electron chi connectivity index (χ1n) is 11.8. The summed E-state index contributed by atoms with van der Waals surface area (Å²) in [6, 6.07) is 16.4. The fourth-order valence-electron chi connectivity index (χ4n) is 4.95. The van der Waals surface area contributed by atoms with Crippen LogP contribution in [0.3, 0.4) is 0 Å². The van der Waals surface area contributed by atoms with Gasteiger partial charge in [0.1, 0.15) is 18.2 Å². The van der Waals surface area contributed by atoms with Crippen molar-refractivity contribution in [3.63, 3.8) is 0 Å². The largest absolute Gasteiger partial charge is 0.489 e. The number of para-hydroxylation sites is 1. The number of carboxylic acids is 1. The van der Waals surface area contributed by atoms with E-state index in [0.29, 0.717) is 42.6 Å². The quantitative estimate of drug-likeness (QED) is 0.371. The number of benzene rings is 3. The van der Waals surface area contributed by atoms with Gasteiger partial charge in [0.15, 0.2) is 0 Å². The van der Waals surface area contributed by atoms with Gasteiger partial charge in [-0.15, -0.1) is 0 Å². The Hall–Kier alpha value is -4.11. The van der Waals surface area contributed by atoms with E-state index in [4.69, 9.17) is 19.3 Å². The van der Waals surface area contributed by atoms with Gasteiger partial charge in [0.25, 0.3) is 0 Å². The third kappa shape index (κ3) is 3.81. The lowest BCUT2D eigenvalue weighted by molar-refractivity contribution is -0.140. The van der Waals surface area contributed by atoms with Gasteiger partial charge < -0.3 is 24.6 Å². The van der Waals surface area contributed by atoms with Crippen molar-refractivity contribution >= 4 is 22.7 Å². The number of ether oxygens (including phenoxy) is 3. The maximum Gasteiger partial charge on any atom is 0.306 e. The number of halogens is 1. The average molecular weight is 490 g/mol. The molecular formula is C27H24FN3O5. The number of rotatable bonds is 7. The Bertz CT molecular complexity index is 1480. The molecule has 0 saturated heterocycles. The van der Waals surface area contributed by atoms with E-state index in [1.165, 1.54) is 12.1 Å². The lowest BCUT2D eigenvalue weighted by Crippen LogP contribution is -2.12. The number of hydrogen-bond donors (Lipinski definition) is 2. The van der Waals surface area contributed by atoms with Crippen LogP contribution >= 0.6 is 0 Å². The van der Waals surface area contributed by atoms with E-state index < -0.39 is 12.1 Å². The number of nitrogens with one attached hydrogen (secondary N) is 1. The Morgan fingerprint density at radius 3 is 2.94 bits per heavy atom. The van der Waals surface area contributed by atoms with Crippen LogP contribution in [0.1, 0.15) is 42.2 Å². The second kappa shape index (κ2) is 8.83. The maximum absolute atomic E-state index is 14.1. The molecule has 0 fully saturated rings. The average Bonchev–Trinajstić information content (AvgIpc) is 3.54. The van der Waals surface area contributed by atoms with Crippen molar-refractivity contribution in [2.75, 3.05) is 18.5 Å². The molecule has 6 rings (SSSR count). The first kappa shape index (κ1) is 22.4. The van der Waals surface area contributed by atoms with E-state index in [1.807, 2.05) is 43.3 Å². The zero-order valence-corrected chi connectivity index (χ0v) is 19.5. The summed E-state index contributed by atoms with van der Waals surface area (Å²) in [5.74, 6) is -0.553. The molecule has 0 unspecified atom stereocenters. The van der Waals surface area contributed by atoms with Gasteiger partial charge in [-0.1, -0.05) is 18.2 Å². The molecule has 2 N–H and O–H groups in total. The lowest BCUT2D eigenvalue weighted by atomic mass is 10.0. The molecule has 3 heterocycles. The van der Waals surface area contributed by atoms with Crippen molar-refractivity contribution in [3.8, 4) is 17.4 Å². The van der Waals surface area contributed by atoms with Crippen molar-refractivity contribution in [3.05, 3.63) is 77.1 Å². The predicted molar refractivity (Wildman–Crippen MR) is 130 cm³/mol. The van der Waals surface area contributed by atoms with Crippen LogP contribution in [0.15, 0.2) is 54.6 Å². The van der Waals surface area contributed by atoms with Gasteiger partial charge >= 0.3 is 12.0 Å². The van der Waals surface area contributed by atoms with Gasteiger partial charge in [-0.25, -0.2) is 4.39 Å². The molecule has 0 radical (unpaired) electrons. The molecule has 36 heavy (non-hydrogen) atoms. The molecule has 0 amide bonds. The molecule has 4 aromatic rings. The van der Waals surface area contributed by atoms with Gasteiger partial charge in [0.2, 0.25) is 0 Å². The number of nitrogens with zero attached hydrogens (tertiary/aromatic N) is 2. The molecule has 8 nitrogen and oxygen atoms in total. The second-order valence-electron chi connectivity index (χ2n) is 8.81. The van der Waals surface area contributed by atoms with Crippen LogP contribution in [-0.4, -0.2) is 33.8 Å². The Morgan fingerprint density at radius 2 is 2.11 bits per heavy atom. The smallest absolute Gasteiger partial charge is 0.306 e. The van der Waals surface area contributed by atoms with E-state index in [9.17, 15) is 9.18 Å². The highest BCUT2D eigenvalue weighted by atomic mass is 19.1. The molecule has 0 bridgehead atoms. The monoisotopic (exact) mass is 489 g/mol. The third-order valence-corrected chi connectivity index (χ3v) is 6.53. The SMILES string of the molecule is CCOc1nc2ccc(F)cc2n1-c1cccc2c1OC[C@H]2Nc1ccc2c(c1)CO[C@H]2CC(=O)O. The zero-order chi connectivity index (χ0) is 24.8. The topological polar surface area (TPSA) is 94.8 Å². The number of carboxylic acid groups (broad SMARTS) is 1. The first-order valence-corrected chi connectivity index (χ1v) is 11.8. The minimum Gasteiger partial charge on any atom is -0.489 e. The van der Waals surface area contributed by atoms with Gasteiger partial charge in [-0.05, 0) is 48.4 Å². The summed E-state index contributed by atoms with van der Waals surface area (Å²) in [4.78, 5) is 15.6. The Kier molecular flexibility index (Phi) is 5.49. The fraction of sp³-hybridized carbons (Fsp3) is 0.259. The number of aliphatic carboxylic acids is 1. The first-order chi connectivity index (χ1) is 17.5.